The van der Waals surface area contributed by atoms with E-state index in [1.165, 1.54) is 5.56 Å². The third-order valence-corrected chi connectivity index (χ3v) is 4.55. The van der Waals surface area contributed by atoms with E-state index in [0.29, 0.717) is 12.2 Å². The second-order valence-corrected chi connectivity index (χ2v) is 6.60. The van der Waals surface area contributed by atoms with E-state index in [4.69, 9.17) is 10.00 Å². The van der Waals surface area contributed by atoms with Gasteiger partial charge in [0.15, 0.2) is 5.16 Å². The van der Waals surface area contributed by atoms with Gasteiger partial charge in [-0.2, -0.15) is 5.26 Å². The average molecular weight is 350 g/mol. The number of rotatable bonds is 6. The Balaban J connectivity index is 1.60. The average Bonchev–Trinajstić information content (AvgIpc) is 3.00. The molecule has 0 atom stereocenters. The standard InChI is InChI=1S/C19H18N4OS/c1-14-3-7-17(8-4-14)23-15(2)21-22-19(23)25-12-11-24-18-9-5-16(13-20)6-10-18/h3-10H,11-12H2,1-2H3. The summed E-state index contributed by atoms with van der Waals surface area (Å²) in [6.07, 6.45) is 0. The van der Waals surface area contributed by atoms with Crippen LogP contribution in [0.4, 0.5) is 0 Å². The lowest BCUT2D eigenvalue weighted by Crippen LogP contribution is -2.03. The Hall–Kier alpha value is -2.78. The van der Waals surface area contributed by atoms with Crippen molar-refractivity contribution in [3.63, 3.8) is 0 Å². The summed E-state index contributed by atoms with van der Waals surface area (Å²) in [5.41, 5.74) is 2.91. The van der Waals surface area contributed by atoms with Crippen LogP contribution in [0.15, 0.2) is 53.7 Å². The SMILES string of the molecule is Cc1ccc(-n2c(C)nnc2SCCOc2ccc(C#N)cc2)cc1. The van der Waals surface area contributed by atoms with Crippen LogP contribution in [0.3, 0.4) is 0 Å². The topological polar surface area (TPSA) is 63.7 Å². The Bertz CT molecular complexity index is 879. The van der Waals surface area contributed by atoms with Gasteiger partial charge in [0.05, 0.1) is 18.2 Å². The first-order valence-electron chi connectivity index (χ1n) is 7.92. The highest BCUT2D eigenvalue weighted by atomic mass is 32.2. The molecule has 0 radical (unpaired) electrons. The van der Waals surface area contributed by atoms with Gasteiger partial charge >= 0.3 is 0 Å². The monoisotopic (exact) mass is 350 g/mol. The molecule has 6 heteroatoms. The number of ether oxygens (including phenoxy) is 1. The lowest BCUT2D eigenvalue weighted by Gasteiger charge is -2.09. The predicted octanol–water partition coefficient (Wildman–Crippen LogP) is 3.93. The minimum absolute atomic E-state index is 0.552. The van der Waals surface area contributed by atoms with Crippen molar-refractivity contribution in [1.82, 2.24) is 14.8 Å². The highest BCUT2D eigenvalue weighted by Crippen LogP contribution is 2.22. The maximum atomic E-state index is 8.80. The number of aryl methyl sites for hydroxylation is 2. The van der Waals surface area contributed by atoms with Gasteiger partial charge in [-0.25, -0.2) is 0 Å². The molecule has 1 aromatic heterocycles. The fourth-order valence-electron chi connectivity index (χ4n) is 2.35. The van der Waals surface area contributed by atoms with Crippen molar-refractivity contribution in [1.29, 1.82) is 5.26 Å². The molecule has 0 unspecified atom stereocenters. The van der Waals surface area contributed by atoms with Crippen molar-refractivity contribution in [2.45, 2.75) is 19.0 Å². The summed E-state index contributed by atoms with van der Waals surface area (Å²) in [6, 6.07) is 17.5. The highest BCUT2D eigenvalue weighted by Gasteiger charge is 2.11. The van der Waals surface area contributed by atoms with Gasteiger partial charge in [0.1, 0.15) is 11.6 Å². The zero-order valence-electron chi connectivity index (χ0n) is 14.1. The lowest BCUT2D eigenvalue weighted by molar-refractivity contribution is 0.344. The third-order valence-electron chi connectivity index (χ3n) is 3.65. The zero-order chi connectivity index (χ0) is 17.6. The van der Waals surface area contributed by atoms with Crippen LogP contribution < -0.4 is 4.74 Å². The molecule has 3 rings (SSSR count). The van der Waals surface area contributed by atoms with Crippen LogP contribution >= 0.6 is 11.8 Å². The molecule has 0 aliphatic carbocycles. The van der Waals surface area contributed by atoms with Crippen LogP contribution in [0.25, 0.3) is 5.69 Å². The molecule has 1 heterocycles. The Morgan fingerprint density at radius 2 is 1.76 bits per heavy atom. The lowest BCUT2D eigenvalue weighted by atomic mass is 10.2. The third kappa shape index (κ3) is 4.20. The van der Waals surface area contributed by atoms with Gasteiger partial charge in [-0.3, -0.25) is 4.57 Å². The van der Waals surface area contributed by atoms with Crippen LogP contribution in [0, 0.1) is 25.2 Å². The molecule has 0 amide bonds. The van der Waals surface area contributed by atoms with Gasteiger partial charge in [0.2, 0.25) is 0 Å². The molecule has 0 aliphatic heterocycles. The summed E-state index contributed by atoms with van der Waals surface area (Å²) in [6.45, 7) is 4.57. The summed E-state index contributed by atoms with van der Waals surface area (Å²) in [5, 5.41) is 18.1. The minimum atomic E-state index is 0.552. The molecule has 5 nitrogen and oxygen atoms in total. The molecule has 126 valence electrons. The number of nitriles is 1. The van der Waals surface area contributed by atoms with Crippen LogP contribution in [0.5, 0.6) is 5.75 Å². The predicted molar refractivity (Wildman–Crippen MR) is 98.2 cm³/mol. The van der Waals surface area contributed by atoms with Gasteiger partial charge in [-0.05, 0) is 50.2 Å². The largest absolute Gasteiger partial charge is 0.493 e. The summed E-state index contributed by atoms with van der Waals surface area (Å²) in [7, 11) is 0. The van der Waals surface area contributed by atoms with Crippen molar-refractivity contribution in [2.24, 2.45) is 0 Å². The van der Waals surface area contributed by atoms with E-state index in [1.807, 2.05) is 23.6 Å². The van der Waals surface area contributed by atoms with Gasteiger partial charge in [-0.1, -0.05) is 29.5 Å². The fourth-order valence-corrected chi connectivity index (χ4v) is 3.16. The van der Waals surface area contributed by atoms with E-state index in [2.05, 4.69) is 47.5 Å². The van der Waals surface area contributed by atoms with E-state index < -0.39 is 0 Å². The second-order valence-electron chi connectivity index (χ2n) is 5.53. The molecule has 0 bridgehead atoms. The molecule has 0 fully saturated rings. The van der Waals surface area contributed by atoms with E-state index in [9.17, 15) is 0 Å². The van der Waals surface area contributed by atoms with Crippen LogP contribution in [-0.2, 0) is 0 Å². The van der Waals surface area contributed by atoms with E-state index >= 15 is 0 Å². The maximum Gasteiger partial charge on any atom is 0.195 e. The minimum Gasteiger partial charge on any atom is -0.493 e. The summed E-state index contributed by atoms with van der Waals surface area (Å²) < 4.78 is 7.76. The zero-order valence-corrected chi connectivity index (χ0v) is 15.0. The number of hydrogen-bond acceptors (Lipinski definition) is 5. The first-order chi connectivity index (χ1) is 12.2. The van der Waals surface area contributed by atoms with Crippen LogP contribution in [0.1, 0.15) is 17.0 Å². The fraction of sp³-hybridized carbons (Fsp3) is 0.211. The van der Waals surface area contributed by atoms with Crippen molar-refractivity contribution < 1.29 is 4.74 Å². The van der Waals surface area contributed by atoms with Crippen LogP contribution in [0.2, 0.25) is 0 Å². The molecular formula is C19H18N4OS. The van der Waals surface area contributed by atoms with Gasteiger partial charge < -0.3 is 4.74 Å². The number of nitrogens with zero attached hydrogens (tertiary/aromatic N) is 4. The first kappa shape index (κ1) is 17.1. The summed E-state index contributed by atoms with van der Waals surface area (Å²) in [4.78, 5) is 0. The van der Waals surface area contributed by atoms with Crippen molar-refractivity contribution in [2.75, 3.05) is 12.4 Å². The smallest absolute Gasteiger partial charge is 0.195 e. The Kier molecular flexibility index (Phi) is 5.36. The molecule has 0 spiro atoms. The number of benzene rings is 2. The van der Waals surface area contributed by atoms with Crippen LogP contribution in [-0.4, -0.2) is 27.1 Å². The van der Waals surface area contributed by atoms with Gasteiger partial charge in [0.25, 0.3) is 0 Å². The van der Waals surface area contributed by atoms with Crippen molar-refractivity contribution in [3.05, 3.63) is 65.5 Å². The molecule has 25 heavy (non-hydrogen) atoms. The van der Waals surface area contributed by atoms with E-state index in [-0.39, 0.29) is 0 Å². The Labute approximate surface area is 151 Å². The maximum absolute atomic E-state index is 8.80. The summed E-state index contributed by atoms with van der Waals surface area (Å²) in [5.74, 6) is 2.37. The highest BCUT2D eigenvalue weighted by molar-refractivity contribution is 7.99. The molecule has 2 aromatic carbocycles. The Morgan fingerprint density at radius 3 is 2.44 bits per heavy atom. The quantitative estimate of drug-likeness (QED) is 0.498. The number of thioether (sulfide) groups is 1. The van der Waals surface area contributed by atoms with E-state index in [0.717, 1.165) is 28.2 Å². The van der Waals surface area contributed by atoms with Gasteiger partial charge in [0, 0.05) is 11.4 Å². The Morgan fingerprint density at radius 1 is 1.04 bits per heavy atom. The number of aromatic nitrogens is 3. The molecule has 3 aromatic rings. The van der Waals surface area contributed by atoms with Gasteiger partial charge in [-0.15, -0.1) is 10.2 Å². The van der Waals surface area contributed by atoms with Crippen molar-refractivity contribution >= 4 is 11.8 Å². The molecule has 0 aliphatic rings. The normalized spacial score (nSPS) is 10.4. The first-order valence-corrected chi connectivity index (χ1v) is 8.91. The molecular weight excluding hydrogens is 332 g/mol. The molecule has 0 saturated carbocycles. The summed E-state index contributed by atoms with van der Waals surface area (Å²) >= 11 is 1.61. The molecule has 0 N–H and O–H groups in total. The molecule has 0 saturated heterocycles. The van der Waals surface area contributed by atoms with Crippen molar-refractivity contribution in [3.8, 4) is 17.5 Å². The van der Waals surface area contributed by atoms with E-state index in [1.54, 1.807) is 23.9 Å². The number of hydrogen-bond donors (Lipinski definition) is 0. The second kappa shape index (κ2) is 7.86.